The second-order valence-electron chi connectivity index (χ2n) is 5.74. The average Bonchev–Trinajstić information content (AvgIpc) is 2.91. The fourth-order valence-corrected chi connectivity index (χ4v) is 2.67. The Balaban J connectivity index is 2.08. The highest BCUT2D eigenvalue weighted by Crippen LogP contribution is 2.17. The maximum absolute atomic E-state index is 12.5. The summed E-state index contributed by atoms with van der Waals surface area (Å²) in [6, 6.07) is 9.64. The van der Waals surface area contributed by atoms with Gasteiger partial charge in [-0.15, -0.1) is 0 Å². The van der Waals surface area contributed by atoms with Gasteiger partial charge in [-0.05, 0) is 51.0 Å². The lowest BCUT2D eigenvalue weighted by Gasteiger charge is -2.05. The van der Waals surface area contributed by atoms with Crippen LogP contribution in [-0.2, 0) is 6.54 Å². The van der Waals surface area contributed by atoms with Crippen molar-refractivity contribution in [2.45, 2.75) is 40.2 Å². The van der Waals surface area contributed by atoms with Gasteiger partial charge >= 0.3 is 0 Å². The highest BCUT2D eigenvalue weighted by atomic mass is 16.5. The van der Waals surface area contributed by atoms with Crippen molar-refractivity contribution in [3.05, 3.63) is 52.9 Å². The first-order chi connectivity index (χ1) is 12.1. The number of carbonyl (C=O) groups is 1. The summed E-state index contributed by atoms with van der Waals surface area (Å²) in [4.78, 5) is 12.5. The maximum Gasteiger partial charge on any atom is 0.189 e. The molecule has 0 saturated heterocycles. The molecule has 0 spiro atoms. The molecule has 2 aromatic rings. The lowest BCUT2D eigenvalue weighted by Crippen LogP contribution is -2.02. The highest BCUT2D eigenvalue weighted by Gasteiger charge is 2.15. The first kappa shape index (κ1) is 18.5. The third-order valence-corrected chi connectivity index (χ3v) is 3.91. The number of rotatable bonds is 8. The van der Waals surface area contributed by atoms with E-state index in [9.17, 15) is 4.79 Å². The van der Waals surface area contributed by atoms with Crippen molar-refractivity contribution in [2.24, 2.45) is 0 Å². The normalized spacial score (nSPS) is 10.8. The van der Waals surface area contributed by atoms with Gasteiger partial charge in [-0.2, -0.15) is 10.4 Å². The van der Waals surface area contributed by atoms with E-state index >= 15 is 0 Å². The van der Waals surface area contributed by atoms with E-state index in [4.69, 9.17) is 10.00 Å². The molecule has 0 N–H and O–H groups in total. The smallest absolute Gasteiger partial charge is 0.189 e. The van der Waals surface area contributed by atoms with E-state index in [-0.39, 0.29) is 5.78 Å². The van der Waals surface area contributed by atoms with Crippen LogP contribution in [0.3, 0.4) is 0 Å². The first-order valence-corrected chi connectivity index (χ1v) is 8.43. The predicted octanol–water partition coefficient (Wildman–Crippen LogP) is 4.10. The highest BCUT2D eigenvalue weighted by molar-refractivity contribution is 6.08. The van der Waals surface area contributed by atoms with Crippen LogP contribution in [-0.4, -0.2) is 22.2 Å². The first-order valence-electron chi connectivity index (χ1n) is 8.43. The van der Waals surface area contributed by atoms with Crippen LogP contribution in [0.2, 0.25) is 0 Å². The third kappa shape index (κ3) is 4.80. The molecule has 5 heteroatoms. The molecule has 0 atom stereocenters. The van der Waals surface area contributed by atoms with E-state index in [0.717, 1.165) is 29.2 Å². The van der Waals surface area contributed by atoms with Gasteiger partial charge in [0.05, 0.1) is 23.9 Å². The number of nitrogens with zero attached hydrogens (tertiary/aromatic N) is 3. The number of carbonyl (C=O) groups excluding carboxylic acids is 1. The van der Waals surface area contributed by atoms with Gasteiger partial charge in [0.25, 0.3) is 0 Å². The minimum atomic E-state index is -0.0463. The molecule has 1 heterocycles. The number of aryl methyl sites for hydroxylation is 2. The monoisotopic (exact) mass is 337 g/mol. The predicted molar refractivity (Wildman–Crippen MR) is 97.5 cm³/mol. The van der Waals surface area contributed by atoms with Gasteiger partial charge in [0.1, 0.15) is 5.75 Å². The van der Waals surface area contributed by atoms with Gasteiger partial charge in [0.2, 0.25) is 0 Å². The molecule has 0 aliphatic heterocycles. The van der Waals surface area contributed by atoms with Gasteiger partial charge < -0.3 is 4.74 Å². The largest absolute Gasteiger partial charge is 0.494 e. The van der Waals surface area contributed by atoms with Crippen LogP contribution in [0.1, 0.15) is 47.1 Å². The van der Waals surface area contributed by atoms with Crippen molar-refractivity contribution in [3.8, 4) is 11.8 Å². The van der Waals surface area contributed by atoms with E-state index in [1.165, 1.54) is 0 Å². The molecular formula is C20H23N3O2. The number of nitriles is 1. The number of unbranched alkanes of at least 4 members (excludes halogenated alkanes) is 1. The fourth-order valence-electron chi connectivity index (χ4n) is 2.67. The molecule has 0 unspecified atom stereocenters. The summed E-state index contributed by atoms with van der Waals surface area (Å²) in [7, 11) is 0. The van der Waals surface area contributed by atoms with Gasteiger partial charge in [0, 0.05) is 18.7 Å². The zero-order valence-corrected chi connectivity index (χ0v) is 15.0. The molecule has 0 aliphatic rings. The van der Waals surface area contributed by atoms with Crippen LogP contribution in [0.15, 0.2) is 30.3 Å². The van der Waals surface area contributed by atoms with Crippen molar-refractivity contribution in [1.29, 1.82) is 5.26 Å². The summed E-state index contributed by atoms with van der Waals surface area (Å²) >= 11 is 0. The van der Waals surface area contributed by atoms with Crippen LogP contribution < -0.4 is 4.74 Å². The minimum absolute atomic E-state index is 0.0463. The molecule has 0 saturated carbocycles. The molecular weight excluding hydrogens is 314 g/mol. The lowest BCUT2D eigenvalue weighted by atomic mass is 10.1. The van der Waals surface area contributed by atoms with E-state index < -0.39 is 0 Å². The van der Waals surface area contributed by atoms with Crippen LogP contribution in [0.25, 0.3) is 6.08 Å². The van der Waals surface area contributed by atoms with Crippen molar-refractivity contribution in [3.63, 3.8) is 0 Å². The summed E-state index contributed by atoms with van der Waals surface area (Å²) in [5.74, 6) is 0.689. The Kier molecular flexibility index (Phi) is 6.53. The molecule has 0 fully saturated rings. The maximum atomic E-state index is 12.5. The topological polar surface area (TPSA) is 67.9 Å². The van der Waals surface area contributed by atoms with Gasteiger partial charge in [0.15, 0.2) is 5.78 Å². The van der Waals surface area contributed by atoms with Crippen LogP contribution >= 0.6 is 0 Å². The van der Waals surface area contributed by atoms with Gasteiger partial charge in [-0.3, -0.25) is 9.48 Å². The molecule has 130 valence electrons. The number of hydrogen-bond acceptors (Lipinski definition) is 4. The molecule has 1 aromatic carbocycles. The third-order valence-electron chi connectivity index (χ3n) is 3.91. The summed E-state index contributed by atoms with van der Waals surface area (Å²) in [6.07, 6.45) is 4.55. The Bertz CT molecular complexity index is 813. The molecule has 1 aromatic heterocycles. The molecule has 0 aliphatic carbocycles. The zero-order valence-electron chi connectivity index (χ0n) is 15.0. The number of ether oxygens (including phenoxy) is 1. The molecule has 0 amide bonds. The molecule has 25 heavy (non-hydrogen) atoms. The summed E-state index contributed by atoms with van der Waals surface area (Å²) in [5.41, 5.74) is 3.21. The SMILES string of the molecule is CCn1nc(C)c(C(=O)/C=C/c2cccc(OCCCC#N)c2)c1C. The Morgan fingerprint density at radius 2 is 2.20 bits per heavy atom. The number of ketones is 1. The Morgan fingerprint density at radius 3 is 2.88 bits per heavy atom. The van der Waals surface area contributed by atoms with Gasteiger partial charge in [-0.25, -0.2) is 0 Å². The second-order valence-corrected chi connectivity index (χ2v) is 5.74. The second kappa shape index (κ2) is 8.84. The van der Waals surface area contributed by atoms with Gasteiger partial charge in [-0.1, -0.05) is 18.2 Å². The number of allylic oxidation sites excluding steroid dienone is 1. The zero-order chi connectivity index (χ0) is 18.2. The Labute approximate surface area is 148 Å². The number of aromatic nitrogens is 2. The lowest BCUT2D eigenvalue weighted by molar-refractivity contribution is 0.104. The van der Waals surface area contributed by atoms with E-state index in [1.54, 1.807) is 12.2 Å². The van der Waals surface area contributed by atoms with Crippen LogP contribution in [0.5, 0.6) is 5.75 Å². The Morgan fingerprint density at radius 1 is 1.40 bits per heavy atom. The fraction of sp³-hybridized carbons (Fsp3) is 0.350. The van der Waals surface area contributed by atoms with Crippen LogP contribution in [0.4, 0.5) is 0 Å². The number of hydrogen-bond donors (Lipinski definition) is 0. The molecule has 2 rings (SSSR count). The van der Waals surface area contributed by atoms with Crippen molar-refractivity contribution >= 4 is 11.9 Å². The number of benzene rings is 1. The molecule has 0 radical (unpaired) electrons. The summed E-state index contributed by atoms with van der Waals surface area (Å²) < 4.78 is 7.45. The van der Waals surface area contributed by atoms with E-state index in [0.29, 0.717) is 25.0 Å². The average molecular weight is 337 g/mol. The standard InChI is InChI=1S/C20H23N3O2/c1-4-23-16(3)20(15(2)22-23)19(24)11-10-17-8-7-9-18(14-17)25-13-6-5-12-21/h7-11,14H,4-6,13H2,1-3H3/b11-10+. The minimum Gasteiger partial charge on any atom is -0.494 e. The van der Waals surface area contributed by atoms with Crippen molar-refractivity contribution in [1.82, 2.24) is 9.78 Å². The van der Waals surface area contributed by atoms with E-state index in [2.05, 4.69) is 11.2 Å². The van der Waals surface area contributed by atoms with Crippen molar-refractivity contribution in [2.75, 3.05) is 6.61 Å². The summed E-state index contributed by atoms with van der Waals surface area (Å²) in [6.45, 7) is 7.03. The van der Waals surface area contributed by atoms with E-state index in [1.807, 2.05) is 49.7 Å². The summed E-state index contributed by atoms with van der Waals surface area (Å²) in [5, 5.41) is 12.9. The Hall–Kier alpha value is -2.87. The van der Waals surface area contributed by atoms with Crippen molar-refractivity contribution < 1.29 is 9.53 Å². The quantitative estimate of drug-likeness (QED) is 0.413. The molecule has 5 nitrogen and oxygen atoms in total. The van der Waals surface area contributed by atoms with Crippen LogP contribution in [0, 0.1) is 25.2 Å². The molecule has 0 bridgehead atoms.